The molecule has 1 aliphatic rings. The highest BCUT2D eigenvalue weighted by molar-refractivity contribution is 5.86. The van der Waals surface area contributed by atoms with Crippen molar-refractivity contribution in [1.82, 2.24) is 5.32 Å². The summed E-state index contributed by atoms with van der Waals surface area (Å²) in [6.07, 6.45) is -5.19. The second kappa shape index (κ2) is 8.26. The third-order valence-corrected chi connectivity index (χ3v) is 5.29. The van der Waals surface area contributed by atoms with Crippen LogP contribution in [-0.2, 0) is 16.0 Å². The molecular formula is C19H21F2NO8. The first-order chi connectivity index (χ1) is 14.1. The second-order valence-electron chi connectivity index (χ2n) is 7.20. The van der Waals surface area contributed by atoms with Crippen LogP contribution in [0.25, 0.3) is 11.0 Å². The van der Waals surface area contributed by atoms with E-state index in [9.17, 15) is 33.7 Å². The van der Waals surface area contributed by atoms with E-state index in [0.717, 1.165) is 6.07 Å². The molecule has 3 rings (SSSR count). The lowest BCUT2D eigenvalue weighted by molar-refractivity contribution is -0.190. The first-order valence-corrected chi connectivity index (χ1v) is 9.11. The van der Waals surface area contributed by atoms with Gasteiger partial charge in [0.1, 0.15) is 18.3 Å². The zero-order valence-electron chi connectivity index (χ0n) is 16.1. The van der Waals surface area contributed by atoms with Crippen LogP contribution < -0.4 is 10.9 Å². The molecule has 5 atom stereocenters. The summed E-state index contributed by atoms with van der Waals surface area (Å²) in [7, 11) is 0. The Morgan fingerprint density at radius 3 is 2.57 bits per heavy atom. The van der Waals surface area contributed by atoms with Gasteiger partial charge in [0.2, 0.25) is 11.7 Å². The van der Waals surface area contributed by atoms with Crippen molar-refractivity contribution >= 4 is 16.9 Å². The SMILES string of the molecule is Cc1c(CC(=O)NC2C(C)OC(CO)C(O)C2O)c(=O)oc2c(F)c(O)c(F)cc12. The van der Waals surface area contributed by atoms with Gasteiger partial charge in [0.25, 0.3) is 0 Å². The number of carbonyl (C=O) groups excluding carboxylic acids is 1. The van der Waals surface area contributed by atoms with E-state index in [4.69, 9.17) is 14.3 Å². The lowest BCUT2D eigenvalue weighted by atomic mass is 9.93. The Morgan fingerprint density at radius 1 is 1.27 bits per heavy atom. The van der Waals surface area contributed by atoms with Crippen LogP contribution in [0.1, 0.15) is 18.1 Å². The zero-order valence-corrected chi connectivity index (χ0v) is 16.1. The van der Waals surface area contributed by atoms with E-state index < -0.39 is 78.0 Å². The first kappa shape index (κ1) is 22.1. The molecule has 0 radical (unpaired) electrons. The quantitative estimate of drug-likeness (QED) is 0.413. The molecule has 1 aromatic heterocycles. The Morgan fingerprint density at radius 2 is 1.93 bits per heavy atom. The predicted molar refractivity (Wildman–Crippen MR) is 97.9 cm³/mol. The Kier molecular flexibility index (Phi) is 6.09. The van der Waals surface area contributed by atoms with Crippen molar-refractivity contribution in [2.75, 3.05) is 6.61 Å². The fourth-order valence-corrected chi connectivity index (χ4v) is 3.55. The number of nitrogens with one attached hydrogen (secondary N) is 1. The largest absolute Gasteiger partial charge is 0.503 e. The highest BCUT2D eigenvalue weighted by Gasteiger charge is 2.43. The van der Waals surface area contributed by atoms with Gasteiger partial charge in [-0.25, -0.2) is 9.18 Å². The topological polar surface area (TPSA) is 149 Å². The number of hydrogen-bond donors (Lipinski definition) is 5. The highest BCUT2D eigenvalue weighted by atomic mass is 19.1. The van der Waals surface area contributed by atoms with E-state index >= 15 is 0 Å². The second-order valence-corrected chi connectivity index (χ2v) is 7.20. The van der Waals surface area contributed by atoms with Crippen LogP contribution in [0.4, 0.5) is 8.78 Å². The molecule has 1 aliphatic heterocycles. The normalized spacial score (nSPS) is 26.7. The van der Waals surface area contributed by atoms with Gasteiger partial charge in [0.05, 0.1) is 30.7 Å². The number of halogens is 2. The third-order valence-electron chi connectivity index (χ3n) is 5.29. The van der Waals surface area contributed by atoms with E-state index in [1.807, 2.05) is 0 Å². The molecule has 164 valence electrons. The molecule has 0 spiro atoms. The van der Waals surface area contributed by atoms with E-state index in [1.54, 1.807) is 0 Å². The van der Waals surface area contributed by atoms with Crippen LogP contribution in [0.3, 0.4) is 0 Å². The van der Waals surface area contributed by atoms with Gasteiger partial charge >= 0.3 is 5.63 Å². The number of phenols is 1. The number of aromatic hydroxyl groups is 1. The fraction of sp³-hybridized carbons (Fsp3) is 0.474. The summed E-state index contributed by atoms with van der Waals surface area (Å²) in [6.45, 7) is 2.37. The summed E-state index contributed by atoms with van der Waals surface area (Å²) in [6, 6.07) is -0.241. The molecule has 2 aromatic rings. The number of ether oxygens (including phenoxy) is 1. The summed E-state index contributed by atoms with van der Waals surface area (Å²) in [5, 5.41) is 41.0. The van der Waals surface area contributed by atoms with Gasteiger partial charge in [0.15, 0.2) is 17.1 Å². The number of fused-ring (bicyclic) bond motifs is 1. The van der Waals surface area contributed by atoms with Gasteiger partial charge in [-0.15, -0.1) is 0 Å². The van der Waals surface area contributed by atoms with Crippen LogP contribution >= 0.6 is 0 Å². The minimum absolute atomic E-state index is 0.0862. The lowest BCUT2D eigenvalue weighted by Gasteiger charge is -2.41. The Balaban J connectivity index is 1.87. The van der Waals surface area contributed by atoms with Gasteiger partial charge in [-0.3, -0.25) is 4.79 Å². The number of aliphatic hydroxyl groups is 3. The van der Waals surface area contributed by atoms with Crippen LogP contribution in [0.5, 0.6) is 5.75 Å². The van der Waals surface area contributed by atoms with E-state index in [-0.39, 0.29) is 16.5 Å². The molecule has 0 bridgehead atoms. The standard InChI is InChI=1S/C19H21F2NO8/c1-6-8-3-10(20)15(25)13(21)18(8)30-19(28)9(6)4-12(24)22-14-7(2)29-11(5-23)16(26)17(14)27/h3,7,11,14,16-17,23,25-27H,4-5H2,1-2H3,(H,22,24). The summed E-state index contributed by atoms with van der Waals surface area (Å²) in [5.41, 5.74) is -1.77. The van der Waals surface area contributed by atoms with Crippen LogP contribution in [0, 0.1) is 18.6 Å². The number of phenolic OH excluding ortho intramolecular Hbond substituents is 1. The zero-order chi connectivity index (χ0) is 22.3. The molecule has 5 unspecified atom stereocenters. The molecule has 11 heteroatoms. The smallest absolute Gasteiger partial charge is 0.340 e. The van der Waals surface area contributed by atoms with Gasteiger partial charge in [-0.1, -0.05) is 0 Å². The van der Waals surface area contributed by atoms with Crippen LogP contribution in [-0.4, -0.2) is 63.4 Å². The maximum absolute atomic E-state index is 14.0. The van der Waals surface area contributed by atoms with E-state index in [2.05, 4.69) is 5.32 Å². The molecule has 0 aliphatic carbocycles. The molecule has 9 nitrogen and oxygen atoms in total. The maximum atomic E-state index is 14.0. The van der Waals surface area contributed by atoms with Gasteiger partial charge in [-0.05, 0) is 25.5 Å². The molecule has 1 fully saturated rings. The van der Waals surface area contributed by atoms with Crippen molar-refractivity contribution in [2.45, 2.75) is 50.7 Å². The third kappa shape index (κ3) is 3.76. The van der Waals surface area contributed by atoms with Crippen LogP contribution in [0.15, 0.2) is 15.3 Å². The molecule has 1 saturated heterocycles. The van der Waals surface area contributed by atoms with Crippen molar-refractivity contribution in [3.05, 3.63) is 39.2 Å². The molecular weight excluding hydrogens is 408 g/mol. The van der Waals surface area contributed by atoms with Crippen molar-refractivity contribution in [3.63, 3.8) is 0 Å². The molecule has 5 N–H and O–H groups in total. The van der Waals surface area contributed by atoms with Crippen molar-refractivity contribution in [1.29, 1.82) is 0 Å². The molecule has 30 heavy (non-hydrogen) atoms. The van der Waals surface area contributed by atoms with Crippen molar-refractivity contribution < 1.29 is 43.2 Å². The summed E-state index contributed by atoms with van der Waals surface area (Å²) in [4.78, 5) is 24.7. The number of benzene rings is 1. The summed E-state index contributed by atoms with van der Waals surface area (Å²) >= 11 is 0. The minimum atomic E-state index is -1.44. The highest BCUT2D eigenvalue weighted by Crippen LogP contribution is 2.30. The van der Waals surface area contributed by atoms with Gasteiger partial charge in [0, 0.05) is 5.39 Å². The van der Waals surface area contributed by atoms with Gasteiger partial charge < -0.3 is 34.9 Å². The molecule has 1 aromatic carbocycles. The lowest BCUT2D eigenvalue weighted by Crippen LogP contribution is -2.63. The van der Waals surface area contributed by atoms with Crippen molar-refractivity contribution in [3.8, 4) is 5.75 Å². The predicted octanol–water partition coefficient (Wildman–Crippen LogP) is -0.386. The Hall–Kier alpha value is -2.60. The number of rotatable bonds is 4. The Labute approximate surface area is 168 Å². The van der Waals surface area contributed by atoms with Gasteiger partial charge in [-0.2, -0.15) is 4.39 Å². The number of hydrogen-bond acceptors (Lipinski definition) is 8. The molecule has 2 heterocycles. The van der Waals surface area contributed by atoms with Crippen LogP contribution in [0.2, 0.25) is 0 Å². The molecule has 0 saturated carbocycles. The first-order valence-electron chi connectivity index (χ1n) is 9.11. The van der Waals surface area contributed by atoms with E-state index in [1.165, 1.54) is 13.8 Å². The minimum Gasteiger partial charge on any atom is -0.503 e. The monoisotopic (exact) mass is 429 g/mol. The summed E-state index contributed by atoms with van der Waals surface area (Å²) < 4.78 is 37.9. The summed E-state index contributed by atoms with van der Waals surface area (Å²) in [5.74, 6) is -4.70. The average molecular weight is 429 g/mol. The number of carbonyl (C=O) groups is 1. The Bertz CT molecular complexity index is 1040. The fourth-order valence-electron chi connectivity index (χ4n) is 3.55. The van der Waals surface area contributed by atoms with E-state index in [0.29, 0.717) is 0 Å². The number of amides is 1. The van der Waals surface area contributed by atoms with Crippen molar-refractivity contribution in [2.24, 2.45) is 0 Å². The maximum Gasteiger partial charge on any atom is 0.340 e. The average Bonchev–Trinajstić information content (AvgIpc) is 2.70. The number of aliphatic hydroxyl groups excluding tert-OH is 3. The molecule has 1 amide bonds. The number of aryl methyl sites for hydroxylation is 1.